The van der Waals surface area contributed by atoms with Gasteiger partial charge in [-0.25, -0.2) is 4.98 Å². The molecule has 1 aromatic rings. The van der Waals surface area contributed by atoms with Crippen LogP contribution >= 0.6 is 0 Å². The molecule has 0 unspecified atom stereocenters. The summed E-state index contributed by atoms with van der Waals surface area (Å²) in [6, 6.07) is 0. The summed E-state index contributed by atoms with van der Waals surface area (Å²) in [6.07, 6.45) is 0.887. The lowest BCUT2D eigenvalue weighted by Gasteiger charge is -2.07. The summed E-state index contributed by atoms with van der Waals surface area (Å²) in [7, 11) is 0. The van der Waals surface area contributed by atoms with Crippen LogP contribution in [0.4, 0.5) is 0 Å². The third kappa shape index (κ3) is 3.36. The van der Waals surface area contributed by atoms with Gasteiger partial charge in [-0.15, -0.1) is 0 Å². The van der Waals surface area contributed by atoms with Crippen LogP contribution in [0.3, 0.4) is 0 Å². The van der Waals surface area contributed by atoms with E-state index in [9.17, 15) is 4.79 Å². The second-order valence-corrected chi connectivity index (χ2v) is 4.87. The minimum absolute atomic E-state index is 0.0299. The minimum atomic E-state index is -0.847. The predicted molar refractivity (Wildman–Crippen MR) is 62.6 cm³/mol. The molecular weight excluding hydrogens is 204 g/mol. The molecule has 2 N–H and O–H groups in total. The fraction of sp³-hybridized carbons (Fsp3) is 0.667. The summed E-state index contributed by atoms with van der Waals surface area (Å²) in [5.41, 5.74) is 2.09. The standard InChI is InChI=1S/C12H20N2O2/c1-7(2)5-9-12(8(3)4)14-10(13-9)6-11(15)16/h7-8H,5-6H2,1-4H3,(H,13,14)(H,15,16). The van der Waals surface area contributed by atoms with Crippen LogP contribution in [0.5, 0.6) is 0 Å². The van der Waals surface area contributed by atoms with Crippen LogP contribution in [-0.4, -0.2) is 21.0 Å². The highest BCUT2D eigenvalue weighted by Crippen LogP contribution is 2.20. The quantitative estimate of drug-likeness (QED) is 0.806. The van der Waals surface area contributed by atoms with Crippen molar-refractivity contribution in [3.8, 4) is 0 Å². The molecule has 4 heteroatoms. The van der Waals surface area contributed by atoms with E-state index in [1.165, 1.54) is 0 Å². The smallest absolute Gasteiger partial charge is 0.311 e. The lowest BCUT2D eigenvalue weighted by Crippen LogP contribution is -2.02. The Morgan fingerprint density at radius 2 is 2.00 bits per heavy atom. The van der Waals surface area contributed by atoms with Crippen LogP contribution in [0.1, 0.15) is 50.8 Å². The number of nitrogens with one attached hydrogen (secondary N) is 1. The first-order valence-electron chi connectivity index (χ1n) is 5.69. The van der Waals surface area contributed by atoms with Crippen molar-refractivity contribution >= 4 is 5.97 Å². The molecule has 0 aliphatic carbocycles. The number of aromatic amines is 1. The zero-order chi connectivity index (χ0) is 12.3. The fourth-order valence-corrected chi connectivity index (χ4v) is 1.75. The number of aromatic nitrogens is 2. The van der Waals surface area contributed by atoms with Gasteiger partial charge < -0.3 is 10.1 Å². The molecule has 0 aromatic carbocycles. The van der Waals surface area contributed by atoms with Gasteiger partial charge in [0.25, 0.3) is 0 Å². The van der Waals surface area contributed by atoms with Gasteiger partial charge in [0.15, 0.2) is 0 Å². The van der Waals surface area contributed by atoms with Crippen LogP contribution in [-0.2, 0) is 17.6 Å². The number of rotatable bonds is 5. The maximum atomic E-state index is 10.6. The zero-order valence-corrected chi connectivity index (χ0v) is 10.4. The van der Waals surface area contributed by atoms with Gasteiger partial charge in [-0.3, -0.25) is 4.79 Å². The summed E-state index contributed by atoms with van der Waals surface area (Å²) < 4.78 is 0. The summed E-state index contributed by atoms with van der Waals surface area (Å²) in [5.74, 6) is 0.579. The van der Waals surface area contributed by atoms with E-state index >= 15 is 0 Å². The fourth-order valence-electron chi connectivity index (χ4n) is 1.75. The Bertz CT molecular complexity index is 367. The Morgan fingerprint density at radius 1 is 1.38 bits per heavy atom. The van der Waals surface area contributed by atoms with Crippen molar-refractivity contribution in [2.45, 2.75) is 46.5 Å². The molecule has 0 bridgehead atoms. The number of hydrogen-bond donors (Lipinski definition) is 2. The molecule has 90 valence electrons. The van der Waals surface area contributed by atoms with E-state index in [-0.39, 0.29) is 6.42 Å². The van der Waals surface area contributed by atoms with Crippen LogP contribution in [0.25, 0.3) is 0 Å². The lowest BCUT2D eigenvalue weighted by atomic mass is 10.0. The zero-order valence-electron chi connectivity index (χ0n) is 10.4. The van der Waals surface area contributed by atoms with E-state index in [1.54, 1.807) is 0 Å². The minimum Gasteiger partial charge on any atom is -0.481 e. The monoisotopic (exact) mass is 224 g/mol. The molecule has 0 fully saturated rings. The Hall–Kier alpha value is -1.32. The topological polar surface area (TPSA) is 66.0 Å². The number of H-pyrrole nitrogens is 1. The van der Waals surface area contributed by atoms with Gasteiger partial charge in [-0.2, -0.15) is 0 Å². The first kappa shape index (κ1) is 12.7. The average molecular weight is 224 g/mol. The van der Waals surface area contributed by atoms with Crippen molar-refractivity contribution in [3.63, 3.8) is 0 Å². The van der Waals surface area contributed by atoms with E-state index in [1.807, 2.05) is 0 Å². The Labute approximate surface area is 96.1 Å². The maximum absolute atomic E-state index is 10.6. The Morgan fingerprint density at radius 3 is 2.44 bits per heavy atom. The molecule has 0 spiro atoms. The highest BCUT2D eigenvalue weighted by Gasteiger charge is 2.15. The lowest BCUT2D eigenvalue weighted by molar-refractivity contribution is -0.136. The van der Waals surface area contributed by atoms with Crippen LogP contribution in [0.15, 0.2) is 0 Å². The van der Waals surface area contributed by atoms with Crippen LogP contribution in [0, 0.1) is 5.92 Å². The summed E-state index contributed by atoms with van der Waals surface area (Å²) in [5, 5.41) is 8.73. The molecule has 1 rings (SSSR count). The van der Waals surface area contributed by atoms with Crippen molar-refractivity contribution in [1.29, 1.82) is 0 Å². The molecule has 0 atom stereocenters. The summed E-state index contributed by atoms with van der Waals surface area (Å²) in [6.45, 7) is 8.43. The summed E-state index contributed by atoms with van der Waals surface area (Å²) >= 11 is 0. The van der Waals surface area contributed by atoms with E-state index in [2.05, 4.69) is 37.7 Å². The number of carboxylic acid groups (broad SMARTS) is 1. The maximum Gasteiger partial charge on any atom is 0.311 e. The normalized spacial score (nSPS) is 11.4. The predicted octanol–water partition coefficient (Wildman–Crippen LogP) is 2.36. The van der Waals surface area contributed by atoms with E-state index in [0.29, 0.717) is 17.7 Å². The van der Waals surface area contributed by atoms with Gasteiger partial charge in [0.2, 0.25) is 0 Å². The molecule has 1 aromatic heterocycles. The Kier molecular flexibility index (Phi) is 4.10. The van der Waals surface area contributed by atoms with Crippen LogP contribution < -0.4 is 0 Å². The largest absolute Gasteiger partial charge is 0.481 e. The van der Waals surface area contributed by atoms with Crippen molar-refractivity contribution in [2.24, 2.45) is 5.92 Å². The molecule has 0 aliphatic rings. The van der Waals surface area contributed by atoms with Crippen molar-refractivity contribution in [1.82, 2.24) is 9.97 Å². The third-order valence-corrected chi connectivity index (χ3v) is 2.34. The van der Waals surface area contributed by atoms with Crippen molar-refractivity contribution in [2.75, 3.05) is 0 Å². The molecular formula is C12H20N2O2. The Balaban J connectivity index is 2.95. The second kappa shape index (κ2) is 5.14. The molecule has 4 nitrogen and oxygen atoms in total. The number of imidazole rings is 1. The average Bonchev–Trinajstić information content (AvgIpc) is 2.45. The van der Waals surface area contributed by atoms with E-state index in [4.69, 9.17) is 5.11 Å². The van der Waals surface area contributed by atoms with Gasteiger partial charge in [-0.1, -0.05) is 27.7 Å². The molecule has 16 heavy (non-hydrogen) atoms. The number of nitrogens with zero attached hydrogens (tertiary/aromatic N) is 1. The molecule has 0 saturated heterocycles. The second-order valence-electron chi connectivity index (χ2n) is 4.87. The molecule has 1 heterocycles. The first-order valence-corrected chi connectivity index (χ1v) is 5.69. The third-order valence-electron chi connectivity index (χ3n) is 2.34. The van der Waals surface area contributed by atoms with Crippen molar-refractivity contribution < 1.29 is 9.90 Å². The number of carboxylic acids is 1. The first-order chi connectivity index (χ1) is 7.40. The SMILES string of the molecule is CC(C)Cc1[nH]c(CC(=O)O)nc1C(C)C. The molecule has 0 radical (unpaired) electrons. The number of hydrogen-bond acceptors (Lipinski definition) is 2. The van der Waals surface area contributed by atoms with E-state index in [0.717, 1.165) is 17.8 Å². The van der Waals surface area contributed by atoms with Crippen molar-refractivity contribution in [3.05, 3.63) is 17.2 Å². The van der Waals surface area contributed by atoms with Gasteiger partial charge in [0.05, 0.1) is 5.69 Å². The van der Waals surface area contributed by atoms with Gasteiger partial charge in [-0.05, 0) is 18.3 Å². The van der Waals surface area contributed by atoms with Gasteiger partial charge in [0, 0.05) is 5.69 Å². The van der Waals surface area contributed by atoms with Crippen LogP contribution in [0.2, 0.25) is 0 Å². The molecule has 0 saturated carbocycles. The van der Waals surface area contributed by atoms with Gasteiger partial charge in [0.1, 0.15) is 12.2 Å². The number of carbonyl (C=O) groups is 1. The highest BCUT2D eigenvalue weighted by atomic mass is 16.4. The number of aliphatic carboxylic acids is 1. The molecule has 0 amide bonds. The molecule has 0 aliphatic heterocycles. The summed E-state index contributed by atoms with van der Waals surface area (Å²) in [4.78, 5) is 18.1. The van der Waals surface area contributed by atoms with E-state index < -0.39 is 5.97 Å². The highest BCUT2D eigenvalue weighted by molar-refractivity contribution is 5.69. The van der Waals surface area contributed by atoms with Gasteiger partial charge >= 0.3 is 5.97 Å².